The van der Waals surface area contributed by atoms with Crippen LogP contribution in [0.5, 0.6) is 0 Å². The lowest BCUT2D eigenvalue weighted by Gasteiger charge is -2.14. The van der Waals surface area contributed by atoms with E-state index in [1.807, 2.05) is 44.2 Å². The van der Waals surface area contributed by atoms with Crippen LogP contribution in [0.4, 0.5) is 0 Å². The Balaban J connectivity index is 1.59. The number of nitrogens with zero attached hydrogens (tertiary/aromatic N) is 1. The second-order valence-corrected chi connectivity index (χ2v) is 10.7. The van der Waals surface area contributed by atoms with Crippen molar-refractivity contribution in [2.45, 2.75) is 41.5 Å². The third-order valence-electron chi connectivity index (χ3n) is 4.88. The summed E-state index contributed by atoms with van der Waals surface area (Å²) in [6, 6.07) is 12.2. The van der Waals surface area contributed by atoms with E-state index in [0.717, 1.165) is 16.9 Å². The summed E-state index contributed by atoms with van der Waals surface area (Å²) in [5, 5.41) is 9.72. The van der Waals surface area contributed by atoms with E-state index in [1.165, 1.54) is 6.07 Å². The summed E-state index contributed by atoms with van der Waals surface area (Å²) in [5.74, 6) is -1.16. The minimum absolute atomic E-state index is 0.0397. The summed E-state index contributed by atoms with van der Waals surface area (Å²) in [4.78, 5) is 17.0. The van der Waals surface area contributed by atoms with Crippen LogP contribution in [-0.2, 0) is 19.6 Å². The van der Waals surface area contributed by atoms with Crippen molar-refractivity contribution in [1.29, 1.82) is 0 Å². The number of carboxylic acid groups (broad SMARTS) is 1. The third kappa shape index (κ3) is 3.34. The standard InChI is InChI=1S/C19H20N2O5S2/c1-18(2)11-26-16(20-18)14-8-9-15(27-14)28(24,25)21-19(17(22)23)10-13(19)12-6-4-3-5-7-12/h3-9,13,21H,10-11H2,1-2H3,(H,22,23)/t13-,19+/m1/s1. The van der Waals surface area contributed by atoms with Crippen LogP contribution in [0.25, 0.3) is 0 Å². The van der Waals surface area contributed by atoms with E-state index in [2.05, 4.69) is 9.71 Å². The van der Waals surface area contributed by atoms with E-state index >= 15 is 0 Å². The SMILES string of the molecule is CC1(C)COC(c2ccc(S(=O)(=O)N[C@@]3(C(=O)O)C[C@@H]3c3ccccc3)s2)=N1. The number of ether oxygens (including phenoxy) is 1. The van der Waals surface area contributed by atoms with Crippen molar-refractivity contribution < 1.29 is 23.1 Å². The first-order chi connectivity index (χ1) is 13.1. The summed E-state index contributed by atoms with van der Waals surface area (Å²) in [6.45, 7) is 4.29. The monoisotopic (exact) mass is 420 g/mol. The average Bonchev–Trinajstić information content (AvgIpc) is 2.98. The lowest BCUT2D eigenvalue weighted by atomic mass is 10.1. The van der Waals surface area contributed by atoms with Gasteiger partial charge in [0.25, 0.3) is 10.0 Å². The van der Waals surface area contributed by atoms with Crippen molar-refractivity contribution in [3.8, 4) is 0 Å². The van der Waals surface area contributed by atoms with Gasteiger partial charge in [-0.15, -0.1) is 11.3 Å². The molecule has 2 N–H and O–H groups in total. The normalized spacial score (nSPS) is 25.8. The van der Waals surface area contributed by atoms with Crippen molar-refractivity contribution in [1.82, 2.24) is 4.72 Å². The van der Waals surface area contributed by atoms with Crippen LogP contribution in [0.15, 0.2) is 51.7 Å². The molecule has 1 aromatic carbocycles. The van der Waals surface area contributed by atoms with Gasteiger partial charge in [0.15, 0.2) is 0 Å². The number of hydrogen-bond donors (Lipinski definition) is 2. The highest BCUT2D eigenvalue weighted by molar-refractivity contribution is 7.91. The van der Waals surface area contributed by atoms with Gasteiger partial charge in [-0.2, -0.15) is 4.72 Å². The quantitative estimate of drug-likeness (QED) is 0.747. The van der Waals surface area contributed by atoms with Gasteiger partial charge in [0, 0.05) is 5.92 Å². The number of aliphatic imine (C=N–C) groups is 1. The Morgan fingerprint density at radius 3 is 2.57 bits per heavy atom. The molecular weight excluding hydrogens is 400 g/mol. The fourth-order valence-corrected chi connectivity index (χ4v) is 5.98. The molecule has 4 rings (SSSR count). The smallest absolute Gasteiger partial charge is 0.325 e. The number of thiophene rings is 1. The van der Waals surface area contributed by atoms with Crippen LogP contribution in [0, 0.1) is 0 Å². The highest BCUT2D eigenvalue weighted by Crippen LogP contribution is 2.52. The molecule has 7 nitrogen and oxygen atoms in total. The molecule has 0 radical (unpaired) electrons. The first-order valence-electron chi connectivity index (χ1n) is 8.78. The predicted molar refractivity (Wildman–Crippen MR) is 105 cm³/mol. The molecule has 9 heteroatoms. The zero-order chi connectivity index (χ0) is 20.2. The molecule has 2 aromatic rings. The third-order valence-corrected chi connectivity index (χ3v) is 7.96. The Morgan fingerprint density at radius 2 is 1.96 bits per heavy atom. The molecule has 2 heterocycles. The molecule has 0 saturated heterocycles. The molecule has 2 aliphatic rings. The maximum atomic E-state index is 12.9. The van der Waals surface area contributed by atoms with Gasteiger partial charge in [-0.25, -0.2) is 13.4 Å². The van der Waals surface area contributed by atoms with E-state index in [0.29, 0.717) is 17.4 Å². The molecule has 1 aromatic heterocycles. The molecule has 1 saturated carbocycles. The van der Waals surface area contributed by atoms with Gasteiger partial charge >= 0.3 is 5.97 Å². The van der Waals surface area contributed by atoms with Crippen LogP contribution in [0.3, 0.4) is 0 Å². The number of nitrogens with one attached hydrogen (secondary N) is 1. The molecule has 0 spiro atoms. The van der Waals surface area contributed by atoms with Crippen molar-refractivity contribution in [2.75, 3.05) is 6.61 Å². The number of rotatable bonds is 6. The van der Waals surface area contributed by atoms with Crippen LogP contribution in [0.2, 0.25) is 0 Å². The second kappa shape index (κ2) is 6.40. The maximum Gasteiger partial charge on any atom is 0.325 e. The number of sulfonamides is 1. The number of hydrogen-bond acceptors (Lipinski definition) is 6. The first kappa shape index (κ1) is 19.1. The van der Waals surface area contributed by atoms with Crippen LogP contribution in [-0.4, -0.2) is 43.1 Å². The highest BCUT2D eigenvalue weighted by atomic mass is 32.2. The van der Waals surface area contributed by atoms with Crippen molar-refractivity contribution >= 4 is 33.2 Å². The summed E-state index contributed by atoms with van der Waals surface area (Å²) in [7, 11) is -4.00. The molecule has 1 aliphatic heterocycles. The predicted octanol–water partition coefficient (Wildman–Crippen LogP) is 2.59. The lowest BCUT2D eigenvalue weighted by molar-refractivity contribution is -0.140. The minimum atomic E-state index is -4.00. The van der Waals surface area contributed by atoms with E-state index < -0.39 is 27.4 Å². The van der Waals surface area contributed by atoms with Gasteiger partial charge in [-0.05, 0) is 38.0 Å². The van der Waals surface area contributed by atoms with Crippen LogP contribution < -0.4 is 4.72 Å². The van der Waals surface area contributed by atoms with E-state index in [4.69, 9.17) is 4.74 Å². The number of aliphatic carboxylic acids is 1. The Labute approximate surface area is 167 Å². The molecule has 0 unspecified atom stereocenters. The summed E-state index contributed by atoms with van der Waals surface area (Å²) in [5.41, 5.74) is -1.07. The summed E-state index contributed by atoms with van der Waals surface area (Å²) in [6.07, 6.45) is 0.216. The second-order valence-electron chi connectivity index (χ2n) is 7.69. The Morgan fingerprint density at radius 1 is 1.25 bits per heavy atom. The molecule has 0 amide bonds. The van der Waals surface area contributed by atoms with Gasteiger partial charge in [-0.1, -0.05) is 30.3 Å². The molecule has 1 aliphatic carbocycles. The minimum Gasteiger partial charge on any atom is -0.480 e. The fourth-order valence-electron chi connectivity index (χ4n) is 3.32. The molecule has 0 bridgehead atoms. The van der Waals surface area contributed by atoms with Gasteiger partial charge in [0.1, 0.15) is 16.4 Å². The average molecular weight is 421 g/mol. The molecule has 1 fully saturated rings. The lowest BCUT2D eigenvalue weighted by Crippen LogP contribution is -2.44. The van der Waals surface area contributed by atoms with Crippen molar-refractivity contribution in [3.05, 3.63) is 52.9 Å². The summed E-state index contributed by atoms with van der Waals surface area (Å²) < 4.78 is 33.8. The van der Waals surface area contributed by atoms with E-state index in [1.54, 1.807) is 6.07 Å². The number of carboxylic acids is 1. The molecule has 28 heavy (non-hydrogen) atoms. The van der Waals surface area contributed by atoms with Gasteiger partial charge in [-0.3, -0.25) is 4.79 Å². The largest absolute Gasteiger partial charge is 0.480 e. The molecular formula is C19H20N2O5S2. The van der Waals surface area contributed by atoms with E-state index in [9.17, 15) is 18.3 Å². The van der Waals surface area contributed by atoms with Crippen LogP contribution in [0.1, 0.15) is 36.6 Å². The van der Waals surface area contributed by atoms with E-state index in [-0.39, 0.29) is 16.2 Å². The Hall–Kier alpha value is -2.23. The topological polar surface area (TPSA) is 105 Å². The van der Waals surface area contributed by atoms with Gasteiger partial charge in [0.2, 0.25) is 5.90 Å². The maximum absolute atomic E-state index is 12.9. The van der Waals surface area contributed by atoms with Crippen molar-refractivity contribution in [3.63, 3.8) is 0 Å². The summed E-state index contributed by atoms with van der Waals surface area (Å²) >= 11 is 1.02. The molecule has 148 valence electrons. The Bertz CT molecular complexity index is 1060. The zero-order valence-electron chi connectivity index (χ0n) is 15.4. The molecule has 2 atom stereocenters. The van der Waals surface area contributed by atoms with Gasteiger partial charge in [0.05, 0.1) is 10.4 Å². The first-order valence-corrected chi connectivity index (χ1v) is 11.1. The van der Waals surface area contributed by atoms with Crippen molar-refractivity contribution in [2.24, 2.45) is 4.99 Å². The van der Waals surface area contributed by atoms with Crippen LogP contribution >= 0.6 is 11.3 Å². The fraction of sp³-hybridized carbons (Fsp3) is 0.368. The number of carbonyl (C=O) groups is 1. The highest BCUT2D eigenvalue weighted by Gasteiger charge is 2.63. The van der Waals surface area contributed by atoms with Gasteiger partial charge < -0.3 is 9.84 Å². The number of benzene rings is 1. The zero-order valence-corrected chi connectivity index (χ0v) is 17.0. The Kier molecular flexibility index (Phi) is 4.36.